The first-order chi connectivity index (χ1) is 5.71. The number of rotatable bonds is 4. The molecule has 0 saturated heterocycles. The smallest absolute Gasteiger partial charge is 0.292 e. The Bertz CT molecular complexity index is 123. The van der Waals surface area contributed by atoms with E-state index in [9.17, 15) is 0 Å². The van der Waals surface area contributed by atoms with Crippen molar-refractivity contribution in [3.05, 3.63) is 6.79 Å². The molecule has 0 aromatic carbocycles. The Morgan fingerprint density at radius 2 is 1.08 bits per heavy atom. The van der Waals surface area contributed by atoms with Crippen LogP contribution in [0.3, 0.4) is 0 Å². The van der Waals surface area contributed by atoms with E-state index in [1.807, 2.05) is 6.79 Å². The predicted octanol–water partition coefficient (Wildman–Crippen LogP) is 3.76. The molecule has 0 N–H and O–H groups in total. The van der Waals surface area contributed by atoms with Crippen LogP contribution in [-0.2, 0) is 9.47 Å². The lowest BCUT2D eigenvalue weighted by molar-refractivity contribution is 0.0246. The highest BCUT2D eigenvalue weighted by atomic mass is 35.6. The van der Waals surface area contributed by atoms with E-state index >= 15 is 0 Å². The third kappa shape index (κ3) is 13.7. The van der Waals surface area contributed by atoms with Crippen LogP contribution in [0, 0.1) is 6.79 Å². The normalized spacial score (nSPS) is 13.4. The summed E-state index contributed by atoms with van der Waals surface area (Å²) in [5, 5.41) is 0. The highest BCUT2D eigenvalue weighted by Gasteiger charge is 2.22. The molecule has 0 aromatic rings. The number of ether oxygens (including phenoxy) is 2. The molecule has 0 saturated carbocycles. The van der Waals surface area contributed by atoms with Gasteiger partial charge in [-0.3, -0.25) is 0 Å². The molecular weight excluding hydrogens is 305 g/mol. The second-order valence-electron chi connectivity index (χ2n) is 1.89. The molecule has 13 heavy (non-hydrogen) atoms. The molecule has 0 aliphatic rings. The van der Waals surface area contributed by atoms with E-state index in [4.69, 9.17) is 69.6 Å². The first kappa shape index (κ1) is 14.7. The van der Waals surface area contributed by atoms with Gasteiger partial charge in [-0.15, -0.1) is 0 Å². The van der Waals surface area contributed by atoms with Gasteiger partial charge in [-0.2, -0.15) is 0 Å². The third-order valence-corrected chi connectivity index (χ3v) is 1.24. The third-order valence-electron chi connectivity index (χ3n) is 0.590. The highest BCUT2D eigenvalue weighted by molar-refractivity contribution is 6.68. The maximum absolute atomic E-state index is 5.33. The van der Waals surface area contributed by atoms with Crippen molar-refractivity contribution < 1.29 is 9.47 Å². The Hall–Kier alpha value is 1.66. The van der Waals surface area contributed by atoms with Gasteiger partial charge in [0.25, 0.3) is 6.79 Å². The lowest BCUT2D eigenvalue weighted by Crippen LogP contribution is -2.15. The van der Waals surface area contributed by atoms with E-state index in [1.165, 1.54) is 0 Å². The van der Waals surface area contributed by atoms with Gasteiger partial charge >= 0.3 is 0 Å². The van der Waals surface area contributed by atoms with Gasteiger partial charge in [0.1, 0.15) is 0 Å². The number of halogens is 6. The van der Waals surface area contributed by atoms with E-state index in [1.54, 1.807) is 0 Å². The SMILES string of the molecule is ClC(Cl)(Cl)CO[C]OCC(Cl)(Cl)Cl. The fourth-order valence-corrected chi connectivity index (χ4v) is 0.592. The largest absolute Gasteiger partial charge is 0.336 e. The molecule has 0 heterocycles. The van der Waals surface area contributed by atoms with Crippen molar-refractivity contribution in [1.29, 1.82) is 0 Å². The van der Waals surface area contributed by atoms with Crippen LogP contribution >= 0.6 is 69.6 Å². The van der Waals surface area contributed by atoms with Crippen molar-refractivity contribution in [2.24, 2.45) is 0 Å². The molecule has 0 fully saturated rings. The van der Waals surface area contributed by atoms with Crippen molar-refractivity contribution in [3.8, 4) is 0 Å². The second kappa shape index (κ2) is 6.29. The van der Waals surface area contributed by atoms with Crippen LogP contribution < -0.4 is 0 Å². The van der Waals surface area contributed by atoms with Gasteiger partial charge in [0.15, 0.2) is 0 Å². The van der Waals surface area contributed by atoms with Gasteiger partial charge in [0.2, 0.25) is 7.59 Å². The number of alkyl halides is 6. The minimum Gasteiger partial charge on any atom is -0.336 e. The minimum absolute atomic E-state index is 0.197. The van der Waals surface area contributed by atoms with Crippen molar-refractivity contribution in [1.82, 2.24) is 0 Å². The minimum atomic E-state index is -1.52. The average Bonchev–Trinajstić information content (AvgIpc) is 1.81. The standard InChI is InChI=1S/C5H4Cl6O2/c6-4(7,8)1-12-3-13-2-5(9,10)11/h1-2H2. The fraction of sp³-hybridized carbons (Fsp3) is 0.800. The molecule has 0 aromatic heterocycles. The van der Waals surface area contributed by atoms with E-state index in [2.05, 4.69) is 9.47 Å². The predicted molar refractivity (Wildman–Crippen MR) is 55.7 cm³/mol. The van der Waals surface area contributed by atoms with Gasteiger partial charge in [-0.1, -0.05) is 69.6 Å². The Morgan fingerprint density at radius 1 is 0.769 bits per heavy atom. The molecule has 8 heteroatoms. The van der Waals surface area contributed by atoms with E-state index in [0.29, 0.717) is 0 Å². The summed E-state index contributed by atoms with van der Waals surface area (Å²) in [6.45, 7) is 1.60. The molecule has 78 valence electrons. The van der Waals surface area contributed by atoms with Crippen LogP contribution in [0.1, 0.15) is 0 Å². The fourth-order valence-electron chi connectivity index (χ4n) is 0.264. The molecule has 0 unspecified atom stereocenters. The van der Waals surface area contributed by atoms with Crippen LogP contribution in [0.4, 0.5) is 0 Å². The summed E-state index contributed by atoms with van der Waals surface area (Å²) in [6, 6.07) is 0. The van der Waals surface area contributed by atoms with Crippen molar-refractivity contribution in [2.75, 3.05) is 13.2 Å². The maximum atomic E-state index is 5.33. The summed E-state index contributed by atoms with van der Waals surface area (Å²) < 4.78 is 6.06. The lowest BCUT2D eigenvalue weighted by Gasteiger charge is -2.12. The van der Waals surface area contributed by atoms with E-state index in [0.717, 1.165) is 0 Å². The maximum Gasteiger partial charge on any atom is 0.292 e. The van der Waals surface area contributed by atoms with Gasteiger partial charge in [-0.25, -0.2) is 0 Å². The average molecular weight is 309 g/mol. The van der Waals surface area contributed by atoms with Crippen molar-refractivity contribution in [3.63, 3.8) is 0 Å². The number of hydrogen-bond donors (Lipinski definition) is 0. The lowest BCUT2D eigenvalue weighted by atomic mass is 10.8. The summed E-state index contributed by atoms with van der Waals surface area (Å²) in [7, 11) is 0. The van der Waals surface area contributed by atoms with E-state index < -0.39 is 7.59 Å². The Kier molecular flexibility index (Phi) is 7.09. The zero-order chi connectivity index (χ0) is 10.5. The molecule has 0 bridgehead atoms. The molecular formula is C5H4Cl6O2. The Morgan fingerprint density at radius 3 is 1.31 bits per heavy atom. The molecule has 0 spiro atoms. The van der Waals surface area contributed by atoms with Gasteiger partial charge in [0, 0.05) is 0 Å². The zero-order valence-electron chi connectivity index (χ0n) is 6.00. The molecule has 0 aliphatic carbocycles. The van der Waals surface area contributed by atoms with Crippen LogP contribution in [0.2, 0.25) is 0 Å². The first-order valence-electron chi connectivity index (χ1n) is 2.83. The van der Waals surface area contributed by atoms with E-state index in [-0.39, 0.29) is 13.2 Å². The van der Waals surface area contributed by atoms with Crippen LogP contribution in [0.5, 0.6) is 0 Å². The summed E-state index contributed by atoms with van der Waals surface area (Å²) in [5.74, 6) is 0. The van der Waals surface area contributed by atoms with Crippen LogP contribution in [-0.4, -0.2) is 20.8 Å². The van der Waals surface area contributed by atoms with Crippen molar-refractivity contribution >= 4 is 69.6 Å². The molecule has 0 amide bonds. The Balaban J connectivity index is 3.28. The van der Waals surface area contributed by atoms with Crippen LogP contribution in [0.25, 0.3) is 0 Å². The monoisotopic (exact) mass is 306 g/mol. The summed E-state index contributed by atoms with van der Waals surface area (Å²) in [4.78, 5) is 0. The number of hydrogen-bond acceptors (Lipinski definition) is 2. The molecule has 2 radical (unpaired) electrons. The molecule has 0 aliphatic heterocycles. The molecule has 0 rings (SSSR count). The topological polar surface area (TPSA) is 18.5 Å². The van der Waals surface area contributed by atoms with Crippen LogP contribution in [0.15, 0.2) is 0 Å². The summed E-state index contributed by atoms with van der Waals surface area (Å²) in [6.07, 6.45) is 0. The first-order valence-corrected chi connectivity index (χ1v) is 5.09. The summed E-state index contributed by atoms with van der Waals surface area (Å²) >= 11 is 32.0. The quantitative estimate of drug-likeness (QED) is 0.581. The van der Waals surface area contributed by atoms with Gasteiger partial charge in [-0.05, 0) is 0 Å². The molecule has 0 atom stereocenters. The van der Waals surface area contributed by atoms with Gasteiger partial charge < -0.3 is 9.47 Å². The highest BCUT2D eigenvalue weighted by Crippen LogP contribution is 2.27. The summed E-state index contributed by atoms with van der Waals surface area (Å²) in [5.41, 5.74) is 0. The van der Waals surface area contributed by atoms with Gasteiger partial charge in [0.05, 0.1) is 13.2 Å². The molecule has 2 nitrogen and oxygen atoms in total. The Labute approximate surface area is 106 Å². The second-order valence-corrected chi connectivity index (χ2v) is 6.92. The zero-order valence-corrected chi connectivity index (χ0v) is 10.5. The van der Waals surface area contributed by atoms with Crippen molar-refractivity contribution in [2.45, 2.75) is 7.59 Å².